The molecule has 1 aliphatic rings. The van der Waals surface area contributed by atoms with Crippen molar-refractivity contribution >= 4 is 17.7 Å². The van der Waals surface area contributed by atoms with E-state index in [1.54, 1.807) is 30.3 Å². The highest BCUT2D eigenvalue weighted by molar-refractivity contribution is 6.02. The molecule has 0 radical (unpaired) electrons. The Morgan fingerprint density at radius 2 is 1.70 bits per heavy atom. The van der Waals surface area contributed by atoms with E-state index in [0.717, 1.165) is 0 Å². The molecule has 1 aromatic carbocycles. The molecule has 6 heteroatoms. The van der Waals surface area contributed by atoms with Crippen molar-refractivity contribution in [2.24, 2.45) is 11.8 Å². The first-order chi connectivity index (χ1) is 12.8. The Kier molecular flexibility index (Phi) is 6.69. The first kappa shape index (κ1) is 20.6. The zero-order valence-electron chi connectivity index (χ0n) is 15.3. The fourth-order valence-corrected chi connectivity index (χ4v) is 3.55. The average molecular weight is 372 g/mol. The highest BCUT2D eigenvalue weighted by Crippen LogP contribution is 2.46. The molecule has 6 nitrogen and oxygen atoms in total. The van der Waals surface area contributed by atoms with E-state index in [1.807, 2.05) is 0 Å². The quantitative estimate of drug-likeness (QED) is 0.448. The summed E-state index contributed by atoms with van der Waals surface area (Å²) >= 11 is 0. The number of carbonyl (C=O) groups is 3. The maximum Gasteiger partial charge on any atom is 0.317 e. The summed E-state index contributed by atoms with van der Waals surface area (Å²) in [6.45, 7) is 8.32. The van der Waals surface area contributed by atoms with Crippen molar-refractivity contribution in [1.82, 2.24) is 0 Å². The topological polar surface area (TPSA) is 89.9 Å². The van der Waals surface area contributed by atoms with Crippen LogP contribution in [0, 0.1) is 11.8 Å². The predicted octanol–water partition coefficient (Wildman–Crippen LogP) is 2.18. The average Bonchev–Trinajstić information content (AvgIpc) is 2.63. The Balaban J connectivity index is 2.53. The van der Waals surface area contributed by atoms with Gasteiger partial charge >= 0.3 is 11.9 Å². The van der Waals surface area contributed by atoms with Gasteiger partial charge in [0.2, 0.25) is 0 Å². The van der Waals surface area contributed by atoms with Gasteiger partial charge in [-0.25, -0.2) is 0 Å². The molecule has 144 valence electrons. The third kappa shape index (κ3) is 4.52. The molecule has 27 heavy (non-hydrogen) atoms. The summed E-state index contributed by atoms with van der Waals surface area (Å²) in [5.74, 6) is -5.14. The molecule has 1 N–H and O–H groups in total. The van der Waals surface area contributed by atoms with Gasteiger partial charge in [-0.15, -0.1) is 0 Å². The van der Waals surface area contributed by atoms with E-state index >= 15 is 0 Å². The molecule has 0 spiro atoms. The minimum absolute atomic E-state index is 0.0353. The molecule has 0 aliphatic heterocycles. The van der Waals surface area contributed by atoms with Crippen LogP contribution in [0.1, 0.15) is 24.8 Å². The number of ketones is 1. The van der Waals surface area contributed by atoms with Gasteiger partial charge in [-0.05, 0) is 12.5 Å². The summed E-state index contributed by atoms with van der Waals surface area (Å²) in [6, 6.07) is 8.67. The molecule has 1 aromatic rings. The summed E-state index contributed by atoms with van der Waals surface area (Å²) in [5.41, 5.74) is -1.09. The second-order valence-electron chi connectivity index (χ2n) is 6.73. The van der Waals surface area contributed by atoms with Crippen molar-refractivity contribution in [2.45, 2.75) is 24.9 Å². The largest absolute Gasteiger partial charge is 0.461 e. The maximum absolute atomic E-state index is 12.7. The molecule has 1 aliphatic carbocycles. The summed E-state index contributed by atoms with van der Waals surface area (Å²) in [6.07, 6.45) is 2.46. The highest BCUT2D eigenvalue weighted by atomic mass is 16.5. The number of hydrogen-bond acceptors (Lipinski definition) is 6. The first-order valence-electron chi connectivity index (χ1n) is 8.68. The predicted molar refractivity (Wildman–Crippen MR) is 98.7 cm³/mol. The summed E-state index contributed by atoms with van der Waals surface area (Å²) in [5, 5.41) is 10.9. The maximum atomic E-state index is 12.7. The lowest BCUT2D eigenvalue weighted by Crippen LogP contribution is -2.55. The lowest BCUT2D eigenvalue weighted by atomic mass is 9.62. The van der Waals surface area contributed by atoms with Gasteiger partial charge in [-0.3, -0.25) is 14.4 Å². The first-order valence-corrected chi connectivity index (χ1v) is 8.68. The summed E-state index contributed by atoms with van der Waals surface area (Å²) in [4.78, 5) is 38.1. The summed E-state index contributed by atoms with van der Waals surface area (Å²) in [7, 11) is 0. The van der Waals surface area contributed by atoms with Crippen molar-refractivity contribution < 1.29 is 29.0 Å². The van der Waals surface area contributed by atoms with Gasteiger partial charge in [0.1, 0.15) is 19.1 Å². The Morgan fingerprint density at radius 3 is 2.26 bits per heavy atom. The van der Waals surface area contributed by atoms with Crippen LogP contribution in [0.2, 0.25) is 0 Å². The molecule has 1 fully saturated rings. The monoisotopic (exact) mass is 372 g/mol. The van der Waals surface area contributed by atoms with Crippen LogP contribution >= 0.6 is 0 Å². The molecule has 0 heterocycles. The van der Waals surface area contributed by atoms with E-state index in [0.29, 0.717) is 5.56 Å². The van der Waals surface area contributed by atoms with E-state index in [4.69, 9.17) is 9.47 Å². The lowest BCUT2D eigenvalue weighted by Gasteiger charge is -2.43. The van der Waals surface area contributed by atoms with Crippen molar-refractivity contribution in [3.05, 3.63) is 61.2 Å². The van der Waals surface area contributed by atoms with Crippen LogP contribution < -0.4 is 0 Å². The Labute approximate surface area is 158 Å². The number of ether oxygens (including phenoxy) is 2. The van der Waals surface area contributed by atoms with E-state index in [1.165, 1.54) is 19.1 Å². The van der Waals surface area contributed by atoms with Gasteiger partial charge in [-0.1, -0.05) is 55.6 Å². The molecular weight excluding hydrogens is 348 g/mol. The number of Topliss-reactive ketones (excluding diaryl/α,β-unsaturated/α-hetero) is 1. The number of esters is 2. The van der Waals surface area contributed by atoms with Crippen molar-refractivity contribution in [3.63, 3.8) is 0 Å². The lowest BCUT2D eigenvalue weighted by molar-refractivity contribution is -0.171. The van der Waals surface area contributed by atoms with Gasteiger partial charge in [0.05, 0.1) is 11.5 Å². The van der Waals surface area contributed by atoms with Crippen molar-refractivity contribution in [2.75, 3.05) is 13.2 Å². The molecule has 0 aromatic heterocycles. The van der Waals surface area contributed by atoms with Crippen LogP contribution in [0.4, 0.5) is 0 Å². The zero-order valence-corrected chi connectivity index (χ0v) is 15.3. The third-order valence-corrected chi connectivity index (χ3v) is 4.65. The van der Waals surface area contributed by atoms with E-state index in [-0.39, 0.29) is 19.6 Å². The molecule has 0 unspecified atom stereocenters. The second-order valence-corrected chi connectivity index (χ2v) is 6.73. The van der Waals surface area contributed by atoms with E-state index < -0.39 is 41.1 Å². The second kappa shape index (κ2) is 8.77. The fourth-order valence-electron chi connectivity index (χ4n) is 3.55. The number of benzene rings is 1. The zero-order chi connectivity index (χ0) is 20.0. The fraction of sp³-hybridized carbons (Fsp3) is 0.381. The van der Waals surface area contributed by atoms with Gasteiger partial charge in [0.25, 0.3) is 0 Å². The van der Waals surface area contributed by atoms with Gasteiger partial charge in [0, 0.05) is 12.3 Å². The molecule has 0 amide bonds. The van der Waals surface area contributed by atoms with Gasteiger partial charge < -0.3 is 14.6 Å². The van der Waals surface area contributed by atoms with Gasteiger partial charge in [0.15, 0.2) is 5.78 Å². The third-order valence-electron chi connectivity index (χ3n) is 4.65. The van der Waals surface area contributed by atoms with Gasteiger partial charge in [-0.2, -0.15) is 0 Å². The van der Waals surface area contributed by atoms with E-state index in [9.17, 15) is 19.5 Å². The minimum Gasteiger partial charge on any atom is -0.461 e. The summed E-state index contributed by atoms with van der Waals surface area (Å²) < 4.78 is 10.3. The molecular formula is C21H24O6. The van der Waals surface area contributed by atoms with Crippen molar-refractivity contribution in [1.29, 1.82) is 0 Å². The number of carbonyl (C=O) groups excluding carboxylic acids is 3. The Bertz CT molecular complexity index is 721. The molecule has 2 rings (SSSR count). The number of rotatable bonds is 7. The molecule has 0 bridgehead atoms. The smallest absolute Gasteiger partial charge is 0.317 e. The Morgan fingerprint density at radius 1 is 1.15 bits per heavy atom. The normalized spacial score (nSPS) is 27.5. The van der Waals surface area contributed by atoms with Crippen LogP contribution in [-0.2, 0) is 23.9 Å². The van der Waals surface area contributed by atoms with Crippen LogP contribution in [-0.4, -0.2) is 41.6 Å². The standard InChI is InChI=1S/C21H24O6/c1-4-11-26-19(23)17-15(22)13-21(3,25)18(20(24)27-12-5-2)16(17)14-9-7-6-8-10-14/h4-10,16-18,25H,1-2,11-13H2,3H3/t16-,17-,18+,21+/m0/s1. The minimum atomic E-state index is -1.66. The van der Waals surface area contributed by atoms with Crippen LogP contribution in [0.5, 0.6) is 0 Å². The SMILES string of the molecule is C=CCOC(=O)[C@H]1C(=O)C[C@@](C)(O)[C@@H](C(=O)OCC=C)[C@H]1c1ccccc1. The highest BCUT2D eigenvalue weighted by Gasteiger charge is 2.57. The molecule has 0 saturated heterocycles. The van der Waals surface area contributed by atoms with Crippen LogP contribution in [0.15, 0.2) is 55.6 Å². The van der Waals surface area contributed by atoms with Crippen LogP contribution in [0.25, 0.3) is 0 Å². The molecule has 1 saturated carbocycles. The number of aliphatic hydroxyl groups is 1. The van der Waals surface area contributed by atoms with E-state index in [2.05, 4.69) is 13.2 Å². The van der Waals surface area contributed by atoms with Crippen molar-refractivity contribution in [3.8, 4) is 0 Å². The Hall–Kier alpha value is -2.73. The number of hydrogen-bond donors (Lipinski definition) is 1. The van der Waals surface area contributed by atoms with Crippen LogP contribution in [0.3, 0.4) is 0 Å². The molecule has 4 atom stereocenters.